The van der Waals surface area contributed by atoms with Gasteiger partial charge in [-0.3, -0.25) is 0 Å². The average Bonchev–Trinajstić information content (AvgIpc) is 2.22. The molecule has 0 saturated heterocycles. The van der Waals surface area contributed by atoms with Gasteiger partial charge in [0.25, 0.3) is 0 Å². The molecule has 0 fully saturated rings. The Hall–Kier alpha value is -0.740. The molecular formula is C11H16BrNO2. The van der Waals surface area contributed by atoms with Gasteiger partial charge in [-0.05, 0) is 33.0 Å². The summed E-state index contributed by atoms with van der Waals surface area (Å²) < 4.78 is 6.14. The normalized spacial score (nSPS) is 10.4. The smallest absolute Gasteiger partial charge is 0.164 e. The van der Waals surface area contributed by atoms with Crippen molar-refractivity contribution < 1.29 is 9.84 Å². The Balaban J connectivity index is 3.12. The molecule has 0 aromatic heterocycles. The van der Waals surface area contributed by atoms with E-state index in [1.807, 2.05) is 20.0 Å². The van der Waals surface area contributed by atoms with Crippen LogP contribution in [0, 0.1) is 6.92 Å². The summed E-state index contributed by atoms with van der Waals surface area (Å²) in [6, 6.07) is 1.94. The maximum atomic E-state index is 9.95. The van der Waals surface area contributed by atoms with Crippen molar-refractivity contribution in [1.82, 2.24) is 5.32 Å². The molecule has 1 aromatic rings. The first-order valence-electron chi connectivity index (χ1n) is 4.81. The van der Waals surface area contributed by atoms with Gasteiger partial charge in [0.1, 0.15) is 0 Å². The van der Waals surface area contributed by atoms with E-state index in [1.54, 1.807) is 7.11 Å². The minimum atomic E-state index is 0.244. The molecule has 15 heavy (non-hydrogen) atoms. The molecular weight excluding hydrogens is 258 g/mol. The summed E-state index contributed by atoms with van der Waals surface area (Å²) in [4.78, 5) is 0. The largest absolute Gasteiger partial charge is 0.504 e. The first-order chi connectivity index (χ1) is 7.11. The lowest BCUT2D eigenvalue weighted by molar-refractivity contribution is 0.367. The fourth-order valence-corrected chi connectivity index (χ4v) is 1.92. The summed E-state index contributed by atoms with van der Waals surface area (Å²) in [7, 11) is 3.45. The second-order valence-corrected chi connectivity index (χ2v) is 4.23. The topological polar surface area (TPSA) is 41.5 Å². The van der Waals surface area contributed by atoms with Crippen LogP contribution in [-0.4, -0.2) is 25.8 Å². The summed E-state index contributed by atoms with van der Waals surface area (Å²) >= 11 is 3.45. The van der Waals surface area contributed by atoms with Gasteiger partial charge in [-0.2, -0.15) is 0 Å². The molecule has 0 spiro atoms. The number of likely N-dealkylation sites (N-methyl/N-ethyl adjacent to an activating group) is 1. The Kier molecular flexibility index (Phi) is 4.42. The fraction of sp³-hybridized carbons (Fsp3) is 0.455. The van der Waals surface area contributed by atoms with Crippen molar-refractivity contribution in [3.63, 3.8) is 0 Å². The van der Waals surface area contributed by atoms with Gasteiger partial charge in [0.2, 0.25) is 0 Å². The molecule has 3 nitrogen and oxygen atoms in total. The SMILES string of the molecule is CNCCc1cc(Br)c(C)c(OC)c1O. The molecule has 0 heterocycles. The van der Waals surface area contributed by atoms with Crippen LogP contribution >= 0.6 is 15.9 Å². The molecule has 0 aliphatic rings. The maximum absolute atomic E-state index is 9.95. The molecule has 0 bridgehead atoms. The van der Waals surface area contributed by atoms with Gasteiger partial charge in [-0.25, -0.2) is 0 Å². The standard InChI is InChI=1S/C11H16BrNO2/c1-7-9(12)6-8(4-5-13-2)10(14)11(7)15-3/h6,13-14H,4-5H2,1-3H3. The molecule has 0 aliphatic carbocycles. The van der Waals surface area contributed by atoms with Crippen LogP contribution in [0.2, 0.25) is 0 Å². The second-order valence-electron chi connectivity index (χ2n) is 3.38. The van der Waals surface area contributed by atoms with E-state index in [0.29, 0.717) is 5.75 Å². The summed E-state index contributed by atoms with van der Waals surface area (Å²) in [5, 5.41) is 13.0. The molecule has 0 atom stereocenters. The Morgan fingerprint density at radius 2 is 2.20 bits per heavy atom. The van der Waals surface area contributed by atoms with Crippen molar-refractivity contribution in [2.75, 3.05) is 20.7 Å². The minimum absolute atomic E-state index is 0.244. The fourth-order valence-electron chi connectivity index (χ4n) is 1.46. The zero-order chi connectivity index (χ0) is 11.4. The van der Waals surface area contributed by atoms with Crippen LogP contribution in [0.4, 0.5) is 0 Å². The quantitative estimate of drug-likeness (QED) is 0.884. The van der Waals surface area contributed by atoms with Crippen LogP contribution in [0.25, 0.3) is 0 Å². The van der Waals surface area contributed by atoms with Gasteiger partial charge < -0.3 is 15.2 Å². The monoisotopic (exact) mass is 273 g/mol. The first-order valence-corrected chi connectivity index (χ1v) is 5.60. The predicted molar refractivity (Wildman–Crippen MR) is 64.7 cm³/mol. The molecule has 4 heteroatoms. The van der Waals surface area contributed by atoms with Gasteiger partial charge in [0, 0.05) is 15.6 Å². The van der Waals surface area contributed by atoms with E-state index in [9.17, 15) is 5.11 Å². The van der Waals surface area contributed by atoms with E-state index >= 15 is 0 Å². The Bertz CT molecular complexity index is 353. The number of phenolic OH excluding ortho intramolecular Hbond substituents is 1. The van der Waals surface area contributed by atoms with Gasteiger partial charge in [-0.15, -0.1) is 0 Å². The maximum Gasteiger partial charge on any atom is 0.164 e. The van der Waals surface area contributed by atoms with Crippen molar-refractivity contribution in [1.29, 1.82) is 0 Å². The zero-order valence-corrected chi connectivity index (χ0v) is 10.8. The van der Waals surface area contributed by atoms with E-state index < -0.39 is 0 Å². The second kappa shape index (κ2) is 5.37. The highest BCUT2D eigenvalue weighted by Gasteiger charge is 2.13. The number of aromatic hydroxyl groups is 1. The Labute approximate surface area is 98.6 Å². The number of ether oxygens (including phenoxy) is 1. The minimum Gasteiger partial charge on any atom is -0.504 e. The summed E-state index contributed by atoms with van der Waals surface area (Å²) in [5.74, 6) is 0.795. The van der Waals surface area contributed by atoms with Gasteiger partial charge in [0.15, 0.2) is 11.5 Å². The Morgan fingerprint density at radius 1 is 1.53 bits per heavy atom. The Morgan fingerprint density at radius 3 is 2.73 bits per heavy atom. The molecule has 0 radical (unpaired) electrons. The average molecular weight is 274 g/mol. The highest BCUT2D eigenvalue weighted by Crippen LogP contribution is 2.38. The number of hydrogen-bond acceptors (Lipinski definition) is 3. The van der Waals surface area contributed by atoms with Crippen molar-refractivity contribution >= 4 is 15.9 Å². The zero-order valence-electron chi connectivity index (χ0n) is 9.22. The first kappa shape index (κ1) is 12.3. The number of rotatable bonds is 4. The van der Waals surface area contributed by atoms with Crippen LogP contribution in [0.5, 0.6) is 11.5 Å². The molecule has 0 aliphatic heterocycles. The van der Waals surface area contributed by atoms with Crippen molar-refractivity contribution in [3.05, 3.63) is 21.7 Å². The molecule has 2 N–H and O–H groups in total. The van der Waals surface area contributed by atoms with Gasteiger partial charge >= 0.3 is 0 Å². The van der Waals surface area contributed by atoms with Crippen molar-refractivity contribution in [3.8, 4) is 11.5 Å². The lowest BCUT2D eigenvalue weighted by Crippen LogP contribution is -2.10. The van der Waals surface area contributed by atoms with Crippen LogP contribution in [0.3, 0.4) is 0 Å². The van der Waals surface area contributed by atoms with E-state index in [-0.39, 0.29) is 5.75 Å². The van der Waals surface area contributed by atoms with Gasteiger partial charge in [-0.1, -0.05) is 15.9 Å². The van der Waals surface area contributed by atoms with Gasteiger partial charge in [0.05, 0.1) is 7.11 Å². The van der Waals surface area contributed by atoms with Crippen molar-refractivity contribution in [2.24, 2.45) is 0 Å². The van der Waals surface area contributed by atoms with Crippen LogP contribution in [0.1, 0.15) is 11.1 Å². The van der Waals surface area contributed by atoms with Crippen LogP contribution < -0.4 is 10.1 Å². The number of hydrogen-bond donors (Lipinski definition) is 2. The summed E-state index contributed by atoms with van der Waals surface area (Å²) in [6.07, 6.45) is 0.775. The highest BCUT2D eigenvalue weighted by molar-refractivity contribution is 9.10. The number of benzene rings is 1. The van der Waals surface area contributed by atoms with E-state index in [0.717, 1.165) is 28.6 Å². The third kappa shape index (κ3) is 2.63. The summed E-state index contributed by atoms with van der Waals surface area (Å²) in [5.41, 5.74) is 1.81. The third-order valence-corrected chi connectivity index (χ3v) is 3.19. The molecule has 1 aromatic carbocycles. The lowest BCUT2D eigenvalue weighted by atomic mass is 10.1. The number of nitrogens with one attached hydrogen (secondary N) is 1. The number of phenols is 1. The van der Waals surface area contributed by atoms with Crippen molar-refractivity contribution in [2.45, 2.75) is 13.3 Å². The summed E-state index contributed by atoms with van der Waals surface area (Å²) in [6.45, 7) is 2.73. The highest BCUT2D eigenvalue weighted by atomic mass is 79.9. The molecule has 0 amide bonds. The van der Waals surface area contributed by atoms with E-state index in [1.165, 1.54) is 0 Å². The molecule has 1 rings (SSSR count). The van der Waals surface area contributed by atoms with E-state index in [2.05, 4.69) is 21.2 Å². The van der Waals surface area contributed by atoms with Crippen LogP contribution in [-0.2, 0) is 6.42 Å². The molecule has 84 valence electrons. The van der Waals surface area contributed by atoms with E-state index in [4.69, 9.17) is 4.74 Å². The predicted octanol–water partition coefficient (Wildman–Crippen LogP) is 2.23. The van der Waals surface area contributed by atoms with Crippen LogP contribution in [0.15, 0.2) is 10.5 Å². The number of methoxy groups -OCH3 is 1. The molecule has 0 unspecified atom stereocenters. The molecule has 0 saturated carbocycles. The third-order valence-electron chi connectivity index (χ3n) is 2.37. The lowest BCUT2D eigenvalue weighted by Gasteiger charge is -2.13. The number of halogens is 1.